The second-order valence-electron chi connectivity index (χ2n) is 5.93. The SMILES string of the molecule is CNCCCC1(C)OCCn2c1c(C)c1ccccc12. The predicted molar refractivity (Wildman–Crippen MR) is 83.1 cm³/mol. The standard InChI is InChI=1S/C17H24N2O/c1-13-14-7-4-5-8-15(14)19-11-12-20-17(2,16(13)19)9-6-10-18-3/h4-5,7-8,18H,6,9-12H2,1-3H3. The van der Waals surface area contributed by atoms with Crippen molar-refractivity contribution in [1.82, 2.24) is 9.88 Å². The minimum absolute atomic E-state index is 0.155. The molecule has 2 heterocycles. The van der Waals surface area contributed by atoms with Gasteiger partial charge in [-0.2, -0.15) is 0 Å². The van der Waals surface area contributed by atoms with Crippen LogP contribution in [-0.4, -0.2) is 24.8 Å². The summed E-state index contributed by atoms with van der Waals surface area (Å²) in [6, 6.07) is 8.71. The van der Waals surface area contributed by atoms with E-state index in [0.717, 1.165) is 32.5 Å². The van der Waals surface area contributed by atoms with Gasteiger partial charge < -0.3 is 14.6 Å². The highest BCUT2D eigenvalue weighted by atomic mass is 16.5. The number of rotatable bonds is 4. The molecule has 0 saturated heterocycles. The van der Waals surface area contributed by atoms with E-state index in [0.29, 0.717) is 0 Å². The molecule has 0 spiro atoms. The van der Waals surface area contributed by atoms with Crippen molar-refractivity contribution in [3.05, 3.63) is 35.5 Å². The summed E-state index contributed by atoms with van der Waals surface area (Å²) >= 11 is 0. The predicted octanol–water partition coefficient (Wildman–Crippen LogP) is 3.19. The number of fused-ring (bicyclic) bond motifs is 3. The quantitative estimate of drug-likeness (QED) is 0.865. The number of nitrogens with one attached hydrogen (secondary N) is 1. The van der Waals surface area contributed by atoms with Crippen molar-refractivity contribution in [1.29, 1.82) is 0 Å². The van der Waals surface area contributed by atoms with Gasteiger partial charge in [-0.05, 0) is 51.9 Å². The molecule has 1 aliphatic heterocycles. The van der Waals surface area contributed by atoms with Gasteiger partial charge in [0, 0.05) is 17.4 Å². The van der Waals surface area contributed by atoms with Crippen LogP contribution in [0.3, 0.4) is 0 Å². The maximum Gasteiger partial charge on any atom is 0.106 e. The lowest BCUT2D eigenvalue weighted by atomic mass is 9.91. The van der Waals surface area contributed by atoms with Crippen LogP contribution in [0.1, 0.15) is 31.0 Å². The van der Waals surface area contributed by atoms with Crippen LogP contribution in [0, 0.1) is 6.92 Å². The number of hydrogen-bond donors (Lipinski definition) is 1. The Morgan fingerprint density at radius 2 is 2.15 bits per heavy atom. The molecule has 0 aliphatic carbocycles. The first kappa shape index (κ1) is 13.7. The number of para-hydroxylation sites is 1. The van der Waals surface area contributed by atoms with Gasteiger partial charge in [-0.25, -0.2) is 0 Å². The Labute approximate surface area is 120 Å². The van der Waals surface area contributed by atoms with Crippen molar-refractivity contribution in [3.8, 4) is 0 Å². The van der Waals surface area contributed by atoms with Crippen molar-refractivity contribution in [2.45, 2.75) is 38.8 Å². The van der Waals surface area contributed by atoms with E-state index >= 15 is 0 Å². The minimum Gasteiger partial charge on any atom is -0.367 e. The maximum atomic E-state index is 6.20. The Balaban J connectivity index is 2.08. The molecule has 0 amide bonds. The second-order valence-corrected chi connectivity index (χ2v) is 5.93. The highest BCUT2D eigenvalue weighted by Gasteiger charge is 2.36. The molecule has 1 aromatic heterocycles. The molecular formula is C17H24N2O. The molecule has 1 aromatic carbocycles. The van der Waals surface area contributed by atoms with E-state index in [1.54, 1.807) is 0 Å². The van der Waals surface area contributed by atoms with Gasteiger partial charge >= 0.3 is 0 Å². The summed E-state index contributed by atoms with van der Waals surface area (Å²) in [5.41, 5.74) is 3.95. The molecule has 1 atom stereocenters. The zero-order chi connectivity index (χ0) is 14.2. The first-order chi connectivity index (χ1) is 9.67. The Hall–Kier alpha value is -1.32. The topological polar surface area (TPSA) is 26.2 Å². The zero-order valence-corrected chi connectivity index (χ0v) is 12.7. The smallest absolute Gasteiger partial charge is 0.106 e. The molecule has 20 heavy (non-hydrogen) atoms. The van der Waals surface area contributed by atoms with E-state index < -0.39 is 0 Å². The lowest BCUT2D eigenvalue weighted by Gasteiger charge is -2.36. The highest BCUT2D eigenvalue weighted by Crippen LogP contribution is 2.40. The summed E-state index contributed by atoms with van der Waals surface area (Å²) in [4.78, 5) is 0. The van der Waals surface area contributed by atoms with Gasteiger partial charge in [0.1, 0.15) is 5.60 Å². The number of benzene rings is 1. The van der Waals surface area contributed by atoms with Crippen LogP contribution in [0.5, 0.6) is 0 Å². The molecular weight excluding hydrogens is 248 g/mol. The van der Waals surface area contributed by atoms with Gasteiger partial charge in [0.2, 0.25) is 0 Å². The van der Waals surface area contributed by atoms with Gasteiger partial charge in [-0.1, -0.05) is 18.2 Å². The molecule has 0 radical (unpaired) electrons. The maximum absolute atomic E-state index is 6.20. The lowest BCUT2D eigenvalue weighted by molar-refractivity contribution is -0.0703. The van der Waals surface area contributed by atoms with E-state index in [4.69, 9.17) is 4.74 Å². The first-order valence-electron chi connectivity index (χ1n) is 7.54. The molecule has 2 aromatic rings. The number of aromatic nitrogens is 1. The lowest BCUT2D eigenvalue weighted by Crippen LogP contribution is -2.36. The Morgan fingerprint density at radius 3 is 2.95 bits per heavy atom. The first-order valence-corrected chi connectivity index (χ1v) is 7.54. The Kier molecular flexibility index (Phi) is 3.57. The van der Waals surface area contributed by atoms with Crippen LogP contribution in [0.15, 0.2) is 24.3 Å². The summed E-state index contributed by atoms with van der Waals surface area (Å²) in [6.07, 6.45) is 2.19. The number of nitrogens with zero attached hydrogens (tertiary/aromatic N) is 1. The summed E-state index contributed by atoms with van der Waals surface area (Å²) in [5.74, 6) is 0. The van der Waals surface area contributed by atoms with E-state index in [-0.39, 0.29) is 5.60 Å². The Morgan fingerprint density at radius 1 is 1.35 bits per heavy atom. The van der Waals surface area contributed by atoms with Crippen LogP contribution in [0.2, 0.25) is 0 Å². The fourth-order valence-corrected chi connectivity index (χ4v) is 3.61. The number of ether oxygens (including phenoxy) is 1. The van der Waals surface area contributed by atoms with Gasteiger partial charge in [-0.3, -0.25) is 0 Å². The molecule has 3 nitrogen and oxygen atoms in total. The summed E-state index contributed by atoms with van der Waals surface area (Å²) in [7, 11) is 2.01. The number of hydrogen-bond acceptors (Lipinski definition) is 2. The molecule has 108 valence electrons. The van der Waals surface area contributed by atoms with Gasteiger partial charge in [0.25, 0.3) is 0 Å². The summed E-state index contributed by atoms with van der Waals surface area (Å²) in [5, 5.41) is 4.60. The third-order valence-corrected chi connectivity index (χ3v) is 4.54. The zero-order valence-electron chi connectivity index (χ0n) is 12.7. The summed E-state index contributed by atoms with van der Waals surface area (Å²) in [6.45, 7) is 7.30. The van der Waals surface area contributed by atoms with Crippen LogP contribution < -0.4 is 5.32 Å². The molecule has 3 heteroatoms. The normalized spacial score (nSPS) is 22.1. The highest BCUT2D eigenvalue weighted by molar-refractivity contribution is 5.85. The molecule has 0 fully saturated rings. The van der Waals surface area contributed by atoms with Crippen molar-refractivity contribution >= 4 is 10.9 Å². The molecule has 1 aliphatic rings. The van der Waals surface area contributed by atoms with Gasteiger partial charge in [-0.15, -0.1) is 0 Å². The second kappa shape index (κ2) is 5.23. The van der Waals surface area contributed by atoms with Crippen molar-refractivity contribution in [3.63, 3.8) is 0 Å². The average Bonchev–Trinajstić information content (AvgIpc) is 2.75. The van der Waals surface area contributed by atoms with E-state index in [9.17, 15) is 0 Å². The van der Waals surface area contributed by atoms with Crippen molar-refractivity contribution < 1.29 is 4.74 Å². The Bertz CT molecular complexity index is 617. The van der Waals surface area contributed by atoms with Crippen LogP contribution in [0.4, 0.5) is 0 Å². The molecule has 1 unspecified atom stereocenters. The van der Waals surface area contributed by atoms with Gasteiger partial charge in [0.15, 0.2) is 0 Å². The monoisotopic (exact) mass is 272 g/mol. The molecule has 3 rings (SSSR count). The molecule has 1 N–H and O–H groups in total. The summed E-state index contributed by atoms with van der Waals surface area (Å²) < 4.78 is 8.67. The van der Waals surface area contributed by atoms with Crippen LogP contribution in [-0.2, 0) is 16.9 Å². The minimum atomic E-state index is -0.155. The van der Waals surface area contributed by atoms with E-state index in [1.165, 1.54) is 22.2 Å². The fraction of sp³-hybridized carbons (Fsp3) is 0.529. The molecule has 0 saturated carbocycles. The van der Waals surface area contributed by atoms with Gasteiger partial charge in [0.05, 0.1) is 12.3 Å². The van der Waals surface area contributed by atoms with E-state index in [2.05, 4.69) is 48.0 Å². The van der Waals surface area contributed by atoms with Crippen LogP contribution >= 0.6 is 0 Å². The van der Waals surface area contributed by atoms with Crippen molar-refractivity contribution in [2.75, 3.05) is 20.2 Å². The number of aryl methyl sites for hydroxylation is 1. The fourth-order valence-electron chi connectivity index (χ4n) is 3.61. The van der Waals surface area contributed by atoms with E-state index in [1.807, 2.05) is 7.05 Å². The van der Waals surface area contributed by atoms with Crippen LogP contribution in [0.25, 0.3) is 10.9 Å². The largest absolute Gasteiger partial charge is 0.367 e. The van der Waals surface area contributed by atoms with Crippen molar-refractivity contribution in [2.24, 2.45) is 0 Å². The average molecular weight is 272 g/mol. The molecule has 0 bridgehead atoms. The third-order valence-electron chi connectivity index (χ3n) is 4.54. The third kappa shape index (κ3) is 2.05.